The number of likely N-dealkylation sites (N-methyl/N-ethyl adjacent to an activating group) is 1. The third-order valence-corrected chi connectivity index (χ3v) is 5.10. The van der Waals surface area contributed by atoms with Crippen LogP contribution < -0.4 is 10.6 Å². The van der Waals surface area contributed by atoms with Gasteiger partial charge in [0.25, 0.3) is 5.91 Å². The van der Waals surface area contributed by atoms with Crippen LogP contribution in [0.2, 0.25) is 0 Å². The highest BCUT2D eigenvalue weighted by molar-refractivity contribution is 5.99. The molecule has 0 heterocycles. The second kappa shape index (κ2) is 10.5. The van der Waals surface area contributed by atoms with Gasteiger partial charge < -0.3 is 20.3 Å². The van der Waals surface area contributed by atoms with E-state index in [1.165, 1.54) is 4.90 Å². The molecule has 2 N–H and O–H groups in total. The lowest BCUT2D eigenvalue weighted by molar-refractivity contribution is -0.136. The molecule has 0 saturated heterocycles. The topological polar surface area (TPSA) is 87.7 Å². The van der Waals surface area contributed by atoms with Crippen molar-refractivity contribution in [3.8, 4) is 0 Å². The Balaban J connectivity index is 2.31. The molecule has 0 fully saturated rings. The van der Waals surface area contributed by atoms with Gasteiger partial charge in [-0.3, -0.25) is 9.59 Å². The molecule has 2 rings (SSSR count). The molecule has 1 unspecified atom stereocenters. The van der Waals surface area contributed by atoms with Gasteiger partial charge in [0.15, 0.2) is 0 Å². The first-order valence-electron chi connectivity index (χ1n) is 11.0. The fourth-order valence-electron chi connectivity index (χ4n) is 3.65. The molecule has 2 aromatic rings. The summed E-state index contributed by atoms with van der Waals surface area (Å²) in [7, 11) is 1.56. The van der Waals surface area contributed by atoms with Crippen LogP contribution in [-0.4, -0.2) is 42.0 Å². The maximum absolute atomic E-state index is 13.5. The number of aryl methyl sites for hydroxylation is 4. The number of hydrogen-bond donors (Lipinski definition) is 2. The molecule has 0 aliphatic carbocycles. The van der Waals surface area contributed by atoms with E-state index in [0.29, 0.717) is 5.56 Å². The summed E-state index contributed by atoms with van der Waals surface area (Å²) in [5.74, 6) is -0.743. The fraction of sp³-hybridized carbons (Fsp3) is 0.423. The molecule has 0 aromatic heterocycles. The summed E-state index contributed by atoms with van der Waals surface area (Å²) in [6, 6.07) is 10.7. The van der Waals surface area contributed by atoms with Gasteiger partial charge in [-0.05, 0) is 65.2 Å². The van der Waals surface area contributed by atoms with E-state index in [0.717, 1.165) is 27.9 Å². The number of amides is 3. The first-order chi connectivity index (χ1) is 15.3. The Morgan fingerprint density at radius 3 is 2.03 bits per heavy atom. The molecule has 1 atom stereocenters. The van der Waals surface area contributed by atoms with Crippen LogP contribution in [-0.2, 0) is 14.3 Å². The lowest BCUT2D eigenvalue weighted by Gasteiger charge is -2.29. The van der Waals surface area contributed by atoms with Gasteiger partial charge >= 0.3 is 6.09 Å². The standard InChI is InChI=1S/C26H35N3O4/c1-16-12-17(2)14-20(13-16)23(24(31)28-22-18(3)10-9-11-19(22)4)29(8)21(30)15-27-25(32)33-26(5,6)7/h9-14,23H,15H2,1-8H3,(H,27,32)(H,28,31). The van der Waals surface area contributed by atoms with Crippen LogP contribution in [0.5, 0.6) is 0 Å². The van der Waals surface area contributed by atoms with Crippen LogP contribution in [0.3, 0.4) is 0 Å². The first kappa shape index (κ1) is 25.9. The molecule has 2 aromatic carbocycles. The highest BCUT2D eigenvalue weighted by Gasteiger charge is 2.30. The number of carbonyl (C=O) groups is 3. The van der Waals surface area contributed by atoms with Crippen molar-refractivity contribution in [3.63, 3.8) is 0 Å². The largest absolute Gasteiger partial charge is 0.444 e. The Morgan fingerprint density at radius 1 is 0.970 bits per heavy atom. The summed E-state index contributed by atoms with van der Waals surface area (Å²) in [6.45, 7) is 12.7. The Labute approximate surface area is 196 Å². The third-order valence-electron chi connectivity index (χ3n) is 5.10. The minimum absolute atomic E-state index is 0.288. The number of nitrogens with one attached hydrogen (secondary N) is 2. The van der Waals surface area contributed by atoms with Crippen LogP contribution in [0.1, 0.15) is 54.6 Å². The molecular weight excluding hydrogens is 418 g/mol. The monoisotopic (exact) mass is 453 g/mol. The van der Waals surface area contributed by atoms with Crippen LogP contribution in [0.4, 0.5) is 10.5 Å². The van der Waals surface area contributed by atoms with E-state index in [1.54, 1.807) is 27.8 Å². The first-order valence-corrected chi connectivity index (χ1v) is 11.0. The summed E-state index contributed by atoms with van der Waals surface area (Å²) >= 11 is 0. The number of ether oxygens (including phenoxy) is 1. The third kappa shape index (κ3) is 7.34. The zero-order valence-electron chi connectivity index (χ0n) is 20.8. The van der Waals surface area contributed by atoms with Crippen molar-refractivity contribution in [2.75, 3.05) is 18.9 Å². The molecule has 3 amide bonds. The second-order valence-corrected chi connectivity index (χ2v) is 9.44. The fourth-order valence-corrected chi connectivity index (χ4v) is 3.65. The van der Waals surface area contributed by atoms with E-state index < -0.39 is 23.6 Å². The number of hydrogen-bond acceptors (Lipinski definition) is 4. The van der Waals surface area contributed by atoms with Crippen LogP contribution in [0, 0.1) is 27.7 Å². The minimum atomic E-state index is -0.879. The van der Waals surface area contributed by atoms with Crippen molar-refractivity contribution in [1.82, 2.24) is 10.2 Å². The number of anilines is 1. The molecule has 178 valence electrons. The summed E-state index contributed by atoms with van der Waals surface area (Å²) in [5.41, 5.74) is 4.59. The molecule has 7 nitrogen and oxygen atoms in total. The summed E-state index contributed by atoms with van der Waals surface area (Å²) in [4.78, 5) is 39.8. The molecule has 0 bridgehead atoms. The Bertz CT molecular complexity index is 1000. The lowest BCUT2D eigenvalue weighted by atomic mass is 9.99. The quantitative estimate of drug-likeness (QED) is 0.670. The maximum Gasteiger partial charge on any atom is 0.408 e. The number of benzene rings is 2. The summed E-state index contributed by atoms with van der Waals surface area (Å²) < 4.78 is 5.20. The predicted octanol–water partition coefficient (Wildman–Crippen LogP) is 4.58. The highest BCUT2D eigenvalue weighted by atomic mass is 16.6. The van der Waals surface area contributed by atoms with E-state index in [4.69, 9.17) is 4.74 Å². The minimum Gasteiger partial charge on any atom is -0.444 e. The number of para-hydroxylation sites is 1. The summed E-state index contributed by atoms with van der Waals surface area (Å²) in [6.07, 6.45) is -0.688. The molecule has 7 heteroatoms. The molecule has 33 heavy (non-hydrogen) atoms. The van der Waals surface area contributed by atoms with Crippen molar-refractivity contribution in [1.29, 1.82) is 0 Å². The van der Waals surface area contributed by atoms with Crippen molar-refractivity contribution >= 4 is 23.6 Å². The Kier molecular flexibility index (Phi) is 8.25. The van der Waals surface area contributed by atoms with E-state index in [1.807, 2.05) is 64.1 Å². The van der Waals surface area contributed by atoms with Gasteiger partial charge in [-0.25, -0.2) is 4.79 Å². The zero-order valence-corrected chi connectivity index (χ0v) is 20.8. The van der Waals surface area contributed by atoms with Gasteiger partial charge in [-0.15, -0.1) is 0 Å². The molecule has 0 aliphatic heterocycles. The zero-order chi connectivity index (χ0) is 24.9. The van der Waals surface area contributed by atoms with Crippen molar-refractivity contribution in [2.24, 2.45) is 0 Å². The van der Waals surface area contributed by atoms with Gasteiger partial charge in [-0.2, -0.15) is 0 Å². The van der Waals surface area contributed by atoms with Crippen molar-refractivity contribution in [3.05, 3.63) is 64.2 Å². The number of carbonyl (C=O) groups excluding carboxylic acids is 3. The maximum atomic E-state index is 13.5. The van der Waals surface area contributed by atoms with Gasteiger partial charge in [0, 0.05) is 12.7 Å². The second-order valence-electron chi connectivity index (χ2n) is 9.44. The van der Waals surface area contributed by atoms with Crippen molar-refractivity contribution in [2.45, 2.75) is 60.1 Å². The molecule has 0 spiro atoms. The van der Waals surface area contributed by atoms with E-state index >= 15 is 0 Å². The van der Waals surface area contributed by atoms with E-state index in [9.17, 15) is 14.4 Å². The lowest BCUT2D eigenvalue weighted by Crippen LogP contribution is -2.44. The molecule has 0 radical (unpaired) electrons. The van der Waals surface area contributed by atoms with Gasteiger partial charge in [0.1, 0.15) is 18.2 Å². The highest BCUT2D eigenvalue weighted by Crippen LogP contribution is 2.26. The molecule has 0 aliphatic rings. The predicted molar refractivity (Wildman–Crippen MR) is 130 cm³/mol. The van der Waals surface area contributed by atoms with Crippen LogP contribution in [0.15, 0.2) is 36.4 Å². The van der Waals surface area contributed by atoms with Crippen LogP contribution >= 0.6 is 0 Å². The number of nitrogens with zero attached hydrogens (tertiary/aromatic N) is 1. The average molecular weight is 454 g/mol. The molecule has 0 saturated carbocycles. The van der Waals surface area contributed by atoms with E-state index in [2.05, 4.69) is 10.6 Å². The number of rotatable bonds is 6. The normalized spacial score (nSPS) is 12.0. The SMILES string of the molecule is Cc1cc(C)cc(C(C(=O)Nc2c(C)cccc2C)N(C)C(=O)CNC(=O)OC(C)(C)C)c1. The van der Waals surface area contributed by atoms with E-state index in [-0.39, 0.29) is 12.5 Å². The number of alkyl carbamates (subject to hydrolysis) is 1. The van der Waals surface area contributed by atoms with Crippen molar-refractivity contribution < 1.29 is 19.1 Å². The van der Waals surface area contributed by atoms with Gasteiger partial charge in [0.05, 0.1) is 0 Å². The smallest absolute Gasteiger partial charge is 0.408 e. The molecular formula is C26H35N3O4. The Hall–Kier alpha value is -3.35. The van der Waals surface area contributed by atoms with Gasteiger partial charge in [-0.1, -0.05) is 47.5 Å². The average Bonchev–Trinajstić information content (AvgIpc) is 2.67. The Morgan fingerprint density at radius 2 is 1.52 bits per heavy atom. The van der Waals surface area contributed by atoms with Crippen LogP contribution in [0.25, 0.3) is 0 Å². The van der Waals surface area contributed by atoms with Gasteiger partial charge in [0.2, 0.25) is 5.91 Å². The summed E-state index contributed by atoms with van der Waals surface area (Å²) in [5, 5.41) is 5.47.